The van der Waals surface area contributed by atoms with Crippen LogP contribution in [0.1, 0.15) is 6.92 Å². The standard InChI is InChI=1S/C13H15NO2/c1-3-4-5-9-13(15)14-11-7-6-8-12(10-11)16-2/h3-10H,1-2H3,(H,14,15)/b4-3+,9-5+. The average Bonchev–Trinajstić information content (AvgIpc) is 2.29. The number of allylic oxidation sites excluding steroid dienone is 3. The molecule has 3 nitrogen and oxygen atoms in total. The Morgan fingerprint density at radius 3 is 2.88 bits per heavy atom. The highest BCUT2D eigenvalue weighted by atomic mass is 16.5. The SMILES string of the molecule is C/C=C/C=C/C(=O)Nc1cccc(OC)c1. The zero-order valence-electron chi connectivity index (χ0n) is 9.44. The molecule has 0 heterocycles. The summed E-state index contributed by atoms with van der Waals surface area (Å²) in [7, 11) is 1.59. The number of anilines is 1. The Kier molecular flexibility index (Phi) is 4.86. The first-order valence-electron chi connectivity index (χ1n) is 5.00. The minimum atomic E-state index is -0.161. The van der Waals surface area contributed by atoms with E-state index in [1.165, 1.54) is 6.08 Å². The van der Waals surface area contributed by atoms with E-state index in [0.29, 0.717) is 0 Å². The van der Waals surface area contributed by atoms with Crippen LogP contribution in [0, 0.1) is 0 Å². The second-order valence-corrected chi connectivity index (χ2v) is 3.11. The molecule has 3 heteroatoms. The van der Waals surface area contributed by atoms with Crippen molar-refractivity contribution in [2.75, 3.05) is 12.4 Å². The van der Waals surface area contributed by atoms with Crippen molar-refractivity contribution in [3.63, 3.8) is 0 Å². The molecule has 1 N–H and O–H groups in total. The van der Waals surface area contributed by atoms with Crippen molar-refractivity contribution < 1.29 is 9.53 Å². The lowest BCUT2D eigenvalue weighted by Crippen LogP contribution is -2.07. The quantitative estimate of drug-likeness (QED) is 0.622. The van der Waals surface area contributed by atoms with Crippen molar-refractivity contribution in [3.05, 3.63) is 48.6 Å². The third-order valence-electron chi connectivity index (χ3n) is 1.89. The van der Waals surface area contributed by atoms with E-state index in [0.717, 1.165) is 11.4 Å². The molecule has 0 aliphatic heterocycles. The summed E-state index contributed by atoms with van der Waals surface area (Å²) in [4.78, 5) is 11.4. The van der Waals surface area contributed by atoms with Crippen LogP contribution in [0.15, 0.2) is 48.6 Å². The molecule has 0 radical (unpaired) electrons. The molecular formula is C13H15NO2. The summed E-state index contributed by atoms with van der Waals surface area (Å²) in [6.07, 6.45) is 6.81. The van der Waals surface area contributed by atoms with Crippen LogP contribution in [0.2, 0.25) is 0 Å². The van der Waals surface area contributed by atoms with Crippen molar-refractivity contribution in [1.29, 1.82) is 0 Å². The minimum absolute atomic E-state index is 0.161. The first-order chi connectivity index (χ1) is 7.76. The van der Waals surface area contributed by atoms with Gasteiger partial charge in [-0.15, -0.1) is 0 Å². The van der Waals surface area contributed by atoms with Crippen LogP contribution < -0.4 is 10.1 Å². The molecule has 1 aromatic rings. The van der Waals surface area contributed by atoms with E-state index >= 15 is 0 Å². The fourth-order valence-electron chi connectivity index (χ4n) is 1.14. The van der Waals surface area contributed by atoms with Gasteiger partial charge in [0.2, 0.25) is 5.91 Å². The number of benzene rings is 1. The van der Waals surface area contributed by atoms with Crippen molar-refractivity contribution in [2.45, 2.75) is 6.92 Å². The summed E-state index contributed by atoms with van der Waals surface area (Å²) in [6.45, 7) is 1.89. The first kappa shape index (κ1) is 12.0. The van der Waals surface area contributed by atoms with Gasteiger partial charge in [-0.25, -0.2) is 0 Å². The third kappa shape index (κ3) is 4.00. The fraction of sp³-hybridized carbons (Fsp3) is 0.154. The van der Waals surface area contributed by atoms with Gasteiger partial charge in [0, 0.05) is 17.8 Å². The lowest BCUT2D eigenvalue weighted by atomic mass is 10.3. The highest BCUT2D eigenvalue weighted by Crippen LogP contribution is 2.16. The molecule has 1 rings (SSSR count). The van der Waals surface area contributed by atoms with E-state index in [4.69, 9.17) is 4.74 Å². The molecule has 0 aliphatic carbocycles. The number of ether oxygens (including phenoxy) is 1. The van der Waals surface area contributed by atoms with Gasteiger partial charge in [-0.1, -0.05) is 24.3 Å². The van der Waals surface area contributed by atoms with E-state index in [-0.39, 0.29) is 5.91 Å². The largest absolute Gasteiger partial charge is 0.497 e. The molecule has 0 aliphatic rings. The summed E-state index contributed by atoms with van der Waals surface area (Å²) in [5.41, 5.74) is 0.717. The number of amides is 1. The predicted molar refractivity (Wildman–Crippen MR) is 65.6 cm³/mol. The molecule has 0 atom stereocenters. The lowest BCUT2D eigenvalue weighted by Gasteiger charge is -2.04. The van der Waals surface area contributed by atoms with Crippen molar-refractivity contribution in [1.82, 2.24) is 0 Å². The zero-order chi connectivity index (χ0) is 11.8. The van der Waals surface area contributed by atoms with Crippen LogP contribution in [0.3, 0.4) is 0 Å². The van der Waals surface area contributed by atoms with Gasteiger partial charge >= 0.3 is 0 Å². The fourth-order valence-corrected chi connectivity index (χ4v) is 1.14. The highest BCUT2D eigenvalue weighted by Gasteiger charge is 1.98. The van der Waals surface area contributed by atoms with Gasteiger partial charge in [-0.2, -0.15) is 0 Å². The third-order valence-corrected chi connectivity index (χ3v) is 1.89. The molecule has 1 aromatic carbocycles. The van der Waals surface area contributed by atoms with Gasteiger partial charge in [-0.05, 0) is 19.1 Å². The molecule has 0 saturated carbocycles. The summed E-state index contributed by atoms with van der Waals surface area (Å²) < 4.78 is 5.05. The van der Waals surface area contributed by atoms with Crippen LogP contribution in [0.5, 0.6) is 5.75 Å². The van der Waals surface area contributed by atoms with E-state index in [9.17, 15) is 4.79 Å². The Labute approximate surface area is 95.4 Å². The maximum Gasteiger partial charge on any atom is 0.248 e. The van der Waals surface area contributed by atoms with Crippen molar-refractivity contribution >= 4 is 11.6 Å². The Hall–Kier alpha value is -2.03. The molecule has 0 unspecified atom stereocenters. The van der Waals surface area contributed by atoms with Crippen LogP contribution in [-0.4, -0.2) is 13.0 Å². The van der Waals surface area contributed by atoms with Crippen molar-refractivity contribution in [2.24, 2.45) is 0 Å². The summed E-state index contributed by atoms with van der Waals surface area (Å²) in [5.74, 6) is 0.557. The lowest BCUT2D eigenvalue weighted by molar-refractivity contribution is -0.111. The second-order valence-electron chi connectivity index (χ2n) is 3.11. The Balaban J connectivity index is 2.62. The second kappa shape index (κ2) is 6.45. The molecule has 84 valence electrons. The highest BCUT2D eigenvalue weighted by molar-refractivity contribution is 5.99. The van der Waals surface area contributed by atoms with Crippen molar-refractivity contribution in [3.8, 4) is 5.75 Å². The number of carbonyl (C=O) groups excluding carboxylic acids is 1. The number of methoxy groups -OCH3 is 1. The monoisotopic (exact) mass is 217 g/mol. The van der Waals surface area contributed by atoms with Crippen LogP contribution in [0.25, 0.3) is 0 Å². The van der Waals surface area contributed by atoms with Gasteiger partial charge in [-0.3, -0.25) is 4.79 Å². The summed E-state index contributed by atoms with van der Waals surface area (Å²) >= 11 is 0. The minimum Gasteiger partial charge on any atom is -0.497 e. The van der Waals surface area contributed by atoms with E-state index in [1.54, 1.807) is 25.3 Å². The van der Waals surface area contributed by atoms with Crippen LogP contribution >= 0.6 is 0 Å². The van der Waals surface area contributed by atoms with Crippen LogP contribution in [-0.2, 0) is 4.79 Å². The number of rotatable bonds is 4. The molecule has 0 saturated heterocycles. The number of carbonyl (C=O) groups is 1. The number of hydrogen-bond acceptors (Lipinski definition) is 2. The summed E-state index contributed by atoms with van der Waals surface area (Å²) in [5, 5.41) is 2.74. The molecule has 16 heavy (non-hydrogen) atoms. The number of nitrogens with one attached hydrogen (secondary N) is 1. The molecule has 0 aromatic heterocycles. The van der Waals surface area contributed by atoms with Gasteiger partial charge in [0.25, 0.3) is 0 Å². The molecule has 0 bridgehead atoms. The average molecular weight is 217 g/mol. The Morgan fingerprint density at radius 1 is 1.38 bits per heavy atom. The normalized spacial score (nSPS) is 10.9. The molecule has 0 fully saturated rings. The van der Waals surface area contributed by atoms with Crippen LogP contribution in [0.4, 0.5) is 5.69 Å². The van der Waals surface area contributed by atoms with Gasteiger partial charge in [0.1, 0.15) is 5.75 Å². The van der Waals surface area contributed by atoms with Gasteiger partial charge in [0.15, 0.2) is 0 Å². The molecule has 0 spiro atoms. The summed E-state index contributed by atoms with van der Waals surface area (Å²) in [6, 6.07) is 7.22. The van der Waals surface area contributed by atoms with E-state index in [1.807, 2.05) is 31.2 Å². The Morgan fingerprint density at radius 2 is 2.19 bits per heavy atom. The van der Waals surface area contributed by atoms with E-state index in [2.05, 4.69) is 5.32 Å². The van der Waals surface area contributed by atoms with Gasteiger partial charge in [0.05, 0.1) is 7.11 Å². The smallest absolute Gasteiger partial charge is 0.248 e. The van der Waals surface area contributed by atoms with E-state index < -0.39 is 0 Å². The number of hydrogen-bond donors (Lipinski definition) is 1. The first-order valence-corrected chi connectivity index (χ1v) is 5.00. The Bertz CT molecular complexity index is 408. The maximum atomic E-state index is 11.4. The predicted octanol–water partition coefficient (Wildman–Crippen LogP) is 2.77. The molecular weight excluding hydrogens is 202 g/mol. The topological polar surface area (TPSA) is 38.3 Å². The zero-order valence-corrected chi connectivity index (χ0v) is 9.44. The van der Waals surface area contributed by atoms with Gasteiger partial charge < -0.3 is 10.1 Å². The maximum absolute atomic E-state index is 11.4. The molecule has 1 amide bonds.